The lowest BCUT2D eigenvalue weighted by Gasteiger charge is -2.36. The number of aliphatic hydroxyl groups excluding tert-OH is 1. The van der Waals surface area contributed by atoms with Gasteiger partial charge in [0.2, 0.25) is 5.91 Å². The molecule has 1 saturated carbocycles. The molecule has 10 nitrogen and oxygen atoms in total. The highest BCUT2D eigenvalue weighted by Crippen LogP contribution is 2.29. The van der Waals surface area contributed by atoms with Gasteiger partial charge in [-0.1, -0.05) is 26.2 Å². The van der Waals surface area contributed by atoms with E-state index in [9.17, 15) is 19.5 Å². The van der Waals surface area contributed by atoms with Crippen LogP contribution < -0.4 is 10.1 Å². The van der Waals surface area contributed by atoms with E-state index in [1.807, 2.05) is 25.8 Å². The summed E-state index contributed by atoms with van der Waals surface area (Å²) in [7, 11) is 1.86. The zero-order valence-electron chi connectivity index (χ0n) is 27.2. The van der Waals surface area contributed by atoms with Crippen LogP contribution in [0.25, 0.3) is 0 Å². The molecule has 0 saturated heterocycles. The number of pyridine rings is 1. The van der Waals surface area contributed by atoms with Crippen LogP contribution in [0.1, 0.15) is 92.9 Å². The number of hydrogen-bond donors (Lipinski definition) is 2. The number of carbonyl (C=O) groups is 3. The number of amides is 3. The van der Waals surface area contributed by atoms with E-state index in [4.69, 9.17) is 9.47 Å². The Morgan fingerprint density at radius 2 is 1.78 bits per heavy atom. The van der Waals surface area contributed by atoms with Crippen molar-refractivity contribution in [1.29, 1.82) is 0 Å². The molecule has 0 unspecified atom stereocenters. The molecule has 10 heteroatoms. The van der Waals surface area contributed by atoms with Crippen molar-refractivity contribution in [3.8, 4) is 5.75 Å². The van der Waals surface area contributed by atoms with Crippen molar-refractivity contribution in [2.45, 2.75) is 90.4 Å². The smallest absolute Gasteiger partial charge is 0.258 e. The molecule has 0 bridgehead atoms. The summed E-state index contributed by atoms with van der Waals surface area (Å²) in [4.78, 5) is 47.9. The highest BCUT2D eigenvalue weighted by molar-refractivity contribution is 6.05. The molecule has 246 valence electrons. The zero-order chi connectivity index (χ0) is 32.3. The number of rotatable bonds is 7. The molecular formula is C35H50N4O6. The summed E-state index contributed by atoms with van der Waals surface area (Å²) in [5.74, 6) is -0.0987. The van der Waals surface area contributed by atoms with E-state index in [-0.39, 0.29) is 48.4 Å². The number of aliphatic hydroxyl groups is 1. The summed E-state index contributed by atoms with van der Waals surface area (Å²) in [6.07, 6.45) is 10.4. The number of nitrogens with zero attached hydrogens (tertiary/aromatic N) is 3. The lowest BCUT2D eigenvalue weighted by molar-refractivity contribution is -0.137. The summed E-state index contributed by atoms with van der Waals surface area (Å²) < 4.78 is 12.7. The summed E-state index contributed by atoms with van der Waals surface area (Å²) in [6.45, 7) is 6.88. The lowest BCUT2D eigenvalue weighted by atomic mass is 9.88. The summed E-state index contributed by atoms with van der Waals surface area (Å²) in [5, 5.41) is 13.1. The van der Waals surface area contributed by atoms with Gasteiger partial charge in [-0.05, 0) is 76.3 Å². The van der Waals surface area contributed by atoms with Gasteiger partial charge in [-0.3, -0.25) is 19.4 Å². The second-order valence-corrected chi connectivity index (χ2v) is 12.8. The van der Waals surface area contributed by atoms with Crippen molar-refractivity contribution < 1.29 is 29.0 Å². The Balaban J connectivity index is 1.61. The van der Waals surface area contributed by atoms with Gasteiger partial charge < -0.3 is 29.7 Å². The van der Waals surface area contributed by atoms with Crippen LogP contribution in [0.3, 0.4) is 0 Å². The summed E-state index contributed by atoms with van der Waals surface area (Å²) in [6, 6.07) is 7.84. The molecule has 2 aromatic rings. The number of ether oxygens (including phenoxy) is 2. The SMILES string of the molecule is C[C@@H]1CN([C@@H](C)CO)C(=O)c2cc(NC(=O)c3ccncc3)ccc2O[C@@H](C)CCCCO[C@@H]1CN(C)C(=O)C1CCCCC1. The van der Waals surface area contributed by atoms with Gasteiger partial charge in [0.1, 0.15) is 5.75 Å². The van der Waals surface area contributed by atoms with E-state index in [0.29, 0.717) is 42.3 Å². The van der Waals surface area contributed by atoms with Gasteiger partial charge in [-0.25, -0.2) is 0 Å². The van der Waals surface area contributed by atoms with Crippen molar-refractivity contribution in [2.24, 2.45) is 11.8 Å². The number of likely N-dealkylation sites (N-methyl/N-ethyl adjacent to an activating group) is 1. The number of benzene rings is 1. The first-order valence-electron chi connectivity index (χ1n) is 16.5. The van der Waals surface area contributed by atoms with Crippen LogP contribution >= 0.6 is 0 Å². The minimum Gasteiger partial charge on any atom is -0.490 e. The second-order valence-electron chi connectivity index (χ2n) is 12.8. The normalized spacial score (nSPS) is 22.8. The standard InChI is InChI=1S/C35H50N4O6/c1-24-21-39(25(2)23-40)35(43)30-20-29(37-33(41)27-15-17-36-18-16-27)13-14-31(30)45-26(3)10-8-9-19-44-32(24)22-38(4)34(42)28-11-6-5-7-12-28/h13-18,20,24-26,28,32,40H,5-12,19,21-23H2,1-4H3,(H,37,41)/t24-,25+,26+,32-/m1/s1. The summed E-state index contributed by atoms with van der Waals surface area (Å²) >= 11 is 0. The monoisotopic (exact) mass is 622 g/mol. The second kappa shape index (κ2) is 16.7. The molecule has 2 N–H and O–H groups in total. The molecule has 45 heavy (non-hydrogen) atoms. The lowest BCUT2D eigenvalue weighted by Crippen LogP contribution is -2.48. The van der Waals surface area contributed by atoms with Gasteiger partial charge in [-0.15, -0.1) is 0 Å². The topological polar surface area (TPSA) is 121 Å². The highest BCUT2D eigenvalue weighted by atomic mass is 16.5. The fourth-order valence-corrected chi connectivity index (χ4v) is 6.19. The van der Waals surface area contributed by atoms with Crippen LogP contribution in [-0.2, 0) is 9.53 Å². The maximum atomic E-state index is 14.3. The predicted molar refractivity (Wildman–Crippen MR) is 173 cm³/mol. The zero-order valence-corrected chi connectivity index (χ0v) is 27.2. The number of hydrogen-bond acceptors (Lipinski definition) is 7. The molecule has 2 heterocycles. The third kappa shape index (κ3) is 9.50. The van der Waals surface area contributed by atoms with Gasteiger partial charge in [0, 0.05) is 62.2 Å². The largest absolute Gasteiger partial charge is 0.490 e. The van der Waals surface area contributed by atoms with Gasteiger partial charge in [0.15, 0.2) is 0 Å². The van der Waals surface area contributed by atoms with Gasteiger partial charge >= 0.3 is 0 Å². The van der Waals surface area contributed by atoms with Crippen LogP contribution in [0.2, 0.25) is 0 Å². The summed E-state index contributed by atoms with van der Waals surface area (Å²) in [5.41, 5.74) is 1.21. The van der Waals surface area contributed by atoms with Crippen LogP contribution in [0.4, 0.5) is 5.69 Å². The average Bonchev–Trinajstić information content (AvgIpc) is 3.06. The van der Waals surface area contributed by atoms with Crippen LogP contribution in [0.15, 0.2) is 42.7 Å². The maximum Gasteiger partial charge on any atom is 0.258 e. The number of aromatic nitrogens is 1. The predicted octanol–water partition coefficient (Wildman–Crippen LogP) is 5.17. The molecule has 1 aromatic carbocycles. The van der Waals surface area contributed by atoms with Crippen molar-refractivity contribution in [3.63, 3.8) is 0 Å². The molecule has 1 aromatic heterocycles. The molecule has 0 radical (unpaired) electrons. The van der Waals surface area contributed by atoms with Crippen LogP contribution in [0.5, 0.6) is 5.75 Å². The van der Waals surface area contributed by atoms with Crippen LogP contribution in [0, 0.1) is 11.8 Å². The Morgan fingerprint density at radius 1 is 1.07 bits per heavy atom. The van der Waals surface area contributed by atoms with Crippen LogP contribution in [-0.4, -0.2) is 89.2 Å². The van der Waals surface area contributed by atoms with Gasteiger partial charge in [-0.2, -0.15) is 0 Å². The van der Waals surface area contributed by atoms with Crippen molar-refractivity contribution in [3.05, 3.63) is 53.9 Å². The Hall–Kier alpha value is -3.50. The average molecular weight is 623 g/mol. The molecule has 3 amide bonds. The third-order valence-electron chi connectivity index (χ3n) is 9.04. The van der Waals surface area contributed by atoms with E-state index in [1.165, 1.54) is 6.42 Å². The Morgan fingerprint density at radius 3 is 2.49 bits per heavy atom. The van der Waals surface area contributed by atoms with Crippen molar-refractivity contribution in [2.75, 3.05) is 38.7 Å². The highest BCUT2D eigenvalue weighted by Gasteiger charge is 2.32. The molecule has 0 spiro atoms. The van der Waals surface area contributed by atoms with Crippen molar-refractivity contribution >= 4 is 23.4 Å². The molecule has 1 aliphatic heterocycles. The molecule has 4 rings (SSSR count). The van der Waals surface area contributed by atoms with E-state index in [2.05, 4.69) is 10.3 Å². The Labute approximate surface area is 267 Å². The first kappa shape index (κ1) is 34.4. The first-order chi connectivity index (χ1) is 21.7. The van der Waals surface area contributed by atoms with Gasteiger partial charge in [0.25, 0.3) is 11.8 Å². The van der Waals surface area contributed by atoms with E-state index < -0.39 is 6.04 Å². The number of fused-ring (bicyclic) bond motifs is 1. The fourth-order valence-electron chi connectivity index (χ4n) is 6.19. The van der Waals surface area contributed by atoms with Gasteiger partial charge in [0.05, 0.1) is 30.4 Å². The van der Waals surface area contributed by atoms with Crippen molar-refractivity contribution in [1.82, 2.24) is 14.8 Å². The minimum atomic E-state index is -0.490. The Bertz CT molecular complexity index is 1270. The van der Waals surface area contributed by atoms with E-state index >= 15 is 0 Å². The quantitative estimate of drug-likeness (QED) is 0.437. The van der Waals surface area contributed by atoms with E-state index in [1.54, 1.807) is 54.5 Å². The molecule has 2 aliphatic rings. The Kier molecular flexibility index (Phi) is 12.8. The molecule has 1 fully saturated rings. The number of carbonyl (C=O) groups excluding carboxylic acids is 3. The van der Waals surface area contributed by atoms with E-state index in [0.717, 1.165) is 44.9 Å². The first-order valence-corrected chi connectivity index (χ1v) is 16.5. The molecular weight excluding hydrogens is 572 g/mol. The minimum absolute atomic E-state index is 0.0660. The maximum absolute atomic E-state index is 14.3. The third-order valence-corrected chi connectivity index (χ3v) is 9.04. The fraction of sp³-hybridized carbons (Fsp3) is 0.600. The molecule has 1 aliphatic carbocycles. The molecule has 4 atom stereocenters. The number of anilines is 1. The number of nitrogens with one attached hydrogen (secondary N) is 1.